The van der Waals surface area contributed by atoms with Gasteiger partial charge in [-0.15, -0.1) is 5.10 Å². The molecule has 88 valence electrons. The Balaban J connectivity index is 2.14. The lowest BCUT2D eigenvalue weighted by Gasteiger charge is -2.04. The number of hydrogen-bond donors (Lipinski definition) is 2. The van der Waals surface area contributed by atoms with Crippen molar-refractivity contribution in [3.63, 3.8) is 0 Å². The van der Waals surface area contributed by atoms with Crippen LogP contribution in [-0.2, 0) is 11.3 Å². The summed E-state index contributed by atoms with van der Waals surface area (Å²) < 4.78 is 1.43. The van der Waals surface area contributed by atoms with Crippen molar-refractivity contribution < 1.29 is 9.90 Å². The Labute approximate surface area is 97.7 Å². The van der Waals surface area contributed by atoms with E-state index in [0.717, 1.165) is 5.56 Å². The Morgan fingerprint density at radius 3 is 2.76 bits per heavy atom. The van der Waals surface area contributed by atoms with Gasteiger partial charge in [-0.05, 0) is 0 Å². The van der Waals surface area contributed by atoms with Gasteiger partial charge in [0, 0.05) is 5.56 Å². The molecular formula is C11H12N4O2. The van der Waals surface area contributed by atoms with Gasteiger partial charge >= 0.3 is 5.97 Å². The topological polar surface area (TPSA) is 94.0 Å². The maximum Gasteiger partial charge on any atom is 0.322 e. The van der Waals surface area contributed by atoms with E-state index in [1.165, 1.54) is 4.68 Å². The fourth-order valence-corrected chi connectivity index (χ4v) is 1.41. The average molecular weight is 232 g/mol. The summed E-state index contributed by atoms with van der Waals surface area (Å²) in [7, 11) is 0. The molecule has 0 aliphatic carbocycles. The molecule has 17 heavy (non-hydrogen) atoms. The molecule has 0 radical (unpaired) electrons. The number of aromatic nitrogens is 3. The lowest BCUT2D eigenvalue weighted by Crippen LogP contribution is -2.34. The monoisotopic (exact) mass is 232 g/mol. The molecule has 0 saturated carbocycles. The van der Waals surface area contributed by atoms with Gasteiger partial charge in [0.05, 0.1) is 12.7 Å². The molecule has 6 heteroatoms. The van der Waals surface area contributed by atoms with Crippen molar-refractivity contribution in [3.8, 4) is 11.3 Å². The predicted octanol–water partition coefficient (Wildman–Crippen LogP) is 0.357. The van der Waals surface area contributed by atoms with Crippen molar-refractivity contribution in [1.82, 2.24) is 15.0 Å². The summed E-state index contributed by atoms with van der Waals surface area (Å²) in [4.78, 5) is 10.6. The molecule has 0 amide bonds. The molecular weight excluding hydrogens is 220 g/mol. The van der Waals surface area contributed by atoms with Crippen LogP contribution in [0.3, 0.4) is 0 Å². The predicted molar refractivity (Wildman–Crippen MR) is 61.1 cm³/mol. The Morgan fingerprint density at radius 1 is 1.41 bits per heavy atom. The van der Waals surface area contributed by atoms with Crippen LogP contribution in [0.5, 0.6) is 0 Å². The molecule has 2 rings (SSSR count). The Bertz CT molecular complexity index is 509. The zero-order valence-corrected chi connectivity index (χ0v) is 9.02. The Hall–Kier alpha value is -2.21. The van der Waals surface area contributed by atoms with Crippen LogP contribution in [0.4, 0.5) is 0 Å². The van der Waals surface area contributed by atoms with Gasteiger partial charge in [-0.2, -0.15) is 0 Å². The quantitative estimate of drug-likeness (QED) is 0.793. The van der Waals surface area contributed by atoms with Crippen molar-refractivity contribution >= 4 is 5.97 Å². The molecule has 0 spiro atoms. The van der Waals surface area contributed by atoms with Crippen LogP contribution in [0.15, 0.2) is 36.5 Å². The van der Waals surface area contributed by atoms with E-state index >= 15 is 0 Å². The van der Waals surface area contributed by atoms with Crippen molar-refractivity contribution in [3.05, 3.63) is 36.5 Å². The first-order valence-electron chi connectivity index (χ1n) is 5.11. The number of benzene rings is 1. The second-order valence-electron chi connectivity index (χ2n) is 3.64. The normalized spacial score (nSPS) is 12.3. The third kappa shape index (κ3) is 2.67. The standard InChI is InChI=1S/C11H12N4O2/c12-9(11(16)17)6-15-7-10(13-14-15)8-4-2-1-3-5-8/h1-5,7,9H,6,12H2,(H,16,17)/t9-/m0/s1. The van der Waals surface area contributed by atoms with Gasteiger partial charge in [0.25, 0.3) is 0 Å². The van der Waals surface area contributed by atoms with E-state index in [-0.39, 0.29) is 6.54 Å². The lowest BCUT2D eigenvalue weighted by molar-refractivity contribution is -0.138. The molecule has 3 N–H and O–H groups in total. The van der Waals surface area contributed by atoms with Crippen molar-refractivity contribution in [2.24, 2.45) is 5.73 Å². The largest absolute Gasteiger partial charge is 0.480 e. The third-order valence-corrected chi connectivity index (χ3v) is 2.31. The average Bonchev–Trinajstić information content (AvgIpc) is 2.78. The first-order chi connectivity index (χ1) is 8.16. The maximum absolute atomic E-state index is 10.6. The van der Waals surface area contributed by atoms with Crippen molar-refractivity contribution in [1.29, 1.82) is 0 Å². The molecule has 1 atom stereocenters. The minimum Gasteiger partial charge on any atom is -0.480 e. The number of nitrogens with two attached hydrogens (primary N) is 1. The molecule has 0 fully saturated rings. The zero-order valence-electron chi connectivity index (χ0n) is 9.02. The Kier molecular flexibility index (Phi) is 3.15. The van der Waals surface area contributed by atoms with Crippen molar-refractivity contribution in [2.45, 2.75) is 12.6 Å². The SMILES string of the molecule is N[C@@H](Cn1cc(-c2ccccc2)nn1)C(=O)O. The highest BCUT2D eigenvalue weighted by Gasteiger charge is 2.13. The summed E-state index contributed by atoms with van der Waals surface area (Å²) in [5.74, 6) is -1.05. The molecule has 1 heterocycles. The van der Waals surface area contributed by atoms with E-state index in [2.05, 4.69) is 10.3 Å². The number of carboxylic acid groups (broad SMARTS) is 1. The fraction of sp³-hybridized carbons (Fsp3) is 0.182. The van der Waals surface area contributed by atoms with Gasteiger partial charge in [-0.25, -0.2) is 4.68 Å². The zero-order chi connectivity index (χ0) is 12.3. The molecule has 0 unspecified atom stereocenters. The molecule has 0 aliphatic rings. The minimum absolute atomic E-state index is 0.106. The number of rotatable bonds is 4. The smallest absolute Gasteiger partial charge is 0.322 e. The molecule has 0 saturated heterocycles. The highest BCUT2D eigenvalue weighted by Crippen LogP contribution is 2.14. The number of nitrogens with zero attached hydrogens (tertiary/aromatic N) is 3. The molecule has 6 nitrogen and oxygen atoms in total. The number of aliphatic carboxylic acids is 1. The minimum atomic E-state index is -1.05. The summed E-state index contributed by atoms with van der Waals surface area (Å²) in [5, 5.41) is 16.5. The van der Waals surface area contributed by atoms with Gasteiger partial charge in [0.15, 0.2) is 0 Å². The first kappa shape index (κ1) is 11.3. The van der Waals surface area contributed by atoms with Crippen LogP contribution in [0.25, 0.3) is 11.3 Å². The lowest BCUT2D eigenvalue weighted by atomic mass is 10.2. The van der Waals surface area contributed by atoms with E-state index in [1.54, 1.807) is 6.20 Å². The van der Waals surface area contributed by atoms with E-state index in [0.29, 0.717) is 5.69 Å². The van der Waals surface area contributed by atoms with Crippen molar-refractivity contribution in [2.75, 3.05) is 0 Å². The highest BCUT2D eigenvalue weighted by atomic mass is 16.4. The van der Waals surface area contributed by atoms with Gasteiger partial charge < -0.3 is 10.8 Å². The Morgan fingerprint density at radius 2 is 2.12 bits per heavy atom. The number of carbonyl (C=O) groups is 1. The first-order valence-corrected chi connectivity index (χ1v) is 5.11. The van der Waals surface area contributed by atoms with Gasteiger partial charge in [-0.1, -0.05) is 35.5 Å². The number of carboxylic acids is 1. The van der Waals surface area contributed by atoms with Gasteiger partial charge in [0.2, 0.25) is 0 Å². The maximum atomic E-state index is 10.6. The van der Waals surface area contributed by atoms with Crippen LogP contribution >= 0.6 is 0 Å². The number of hydrogen-bond acceptors (Lipinski definition) is 4. The molecule has 2 aromatic rings. The van der Waals surface area contributed by atoms with Gasteiger partial charge in [-0.3, -0.25) is 4.79 Å². The molecule has 1 aromatic carbocycles. The summed E-state index contributed by atoms with van der Waals surface area (Å²) in [5.41, 5.74) is 7.04. The third-order valence-electron chi connectivity index (χ3n) is 2.31. The van der Waals surface area contributed by atoms with Crippen LogP contribution in [0.1, 0.15) is 0 Å². The second-order valence-corrected chi connectivity index (χ2v) is 3.64. The van der Waals surface area contributed by atoms with E-state index in [9.17, 15) is 4.79 Å². The summed E-state index contributed by atoms with van der Waals surface area (Å²) >= 11 is 0. The fourth-order valence-electron chi connectivity index (χ4n) is 1.41. The molecule has 0 aliphatic heterocycles. The summed E-state index contributed by atoms with van der Waals surface area (Å²) in [6.45, 7) is 0.106. The van der Waals surface area contributed by atoms with Crippen LogP contribution in [-0.4, -0.2) is 32.1 Å². The summed E-state index contributed by atoms with van der Waals surface area (Å²) in [6, 6.07) is 8.56. The van der Waals surface area contributed by atoms with E-state index in [4.69, 9.17) is 10.8 Å². The van der Waals surface area contributed by atoms with Crippen LogP contribution in [0.2, 0.25) is 0 Å². The van der Waals surface area contributed by atoms with Gasteiger partial charge in [0.1, 0.15) is 11.7 Å². The van der Waals surface area contributed by atoms with E-state index < -0.39 is 12.0 Å². The molecule has 1 aromatic heterocycles. The van der Waals surface area contributed by atoms with E-state index in [1.807, 2.05) is 30.3 Å². The highest BCUT2D eigenvalue weighted by molar-refractivity contribution is 5.72. The van der Waals surface area contributed by atoms with Crippen LogP contribution in [0, 0.1) is 0 Å². The van der Waals surface area contributed by atoms with Crippen LogP contribution < -0.4 is 5.73 Å². The molecule has 0 bridgehead atoms. The second kappa shape index (κ2) is 4.75. The summed E-state index contributed by atoms with van der Waals surface area (Å²) in [6.07, 6.45) is 1.68.